The summed E-state index contributed by atoms with van der Waals surface area (Å²) >= 11 is 3.30. The van der Waals surface area contributed by atoms with E-state index in [1.165, 1.54) is 4.31 Å². The summed E-state index contributed by atoms with van der Waals surface area (Å²) in [6, 6.07) is 6.79. The predicted molar refractivity (Wildman–Crippen MR) is 73.5 cm³/mol. The standard InChI is InChI=1S/C12H18BrNO2S/c1-4-11(5-2)14(3)17(15,16)12-8-6-10(13)7-9-12/h6-9,11H,4-5H2,1-3H3. The van der Waals surface area contributed by atoms with Crippen LogP contribution >= 0.6 is 15.9 Å². The lowest BCUT2D eigenvalue weighted by molar-refractivity contribution is 0.349. The highest BCUT2D eigenvalue weighted by molar-refractivity contribution is 9.10. The van der Waals surface area contributed by atoms with Gasteiger partial charge in [-0.05, 0) is 37.1 Å². The highest BCUT2D eigenvalue weighted by atomic mass is 79.9. The minimum absolute atomic E-state index is 0.0589. The summed E-state index contributed by atoms with van der Waals surface area (Å²) in [5.74, 6) is 0. The second kappa shape index (κ2) is 5.98. The maximum absolute atomic E-state index is 12.3. The molecule has 3 nitrogen and oxygen atoms in total. The van der Waals surface area contributed by atoms with Crippen molar-refractivity contribution in [1.29, 1.82) is 0 Å². The number of hydrogen-bond donors (Lipinski definition) is 0. The molecule has 0 aliphatic rings. The summed E-state index contributed by atoms with van der Waals surface area (Å²) in [4.78, 5) is 0.343. The van der Waals surface area contributed by atoms with Crippen LogP contribution in [-0.2, 0) is 10.0 Å². The molecule has 0 radical (unpaired) electrons. The van der Waals surface area contributed by atoms with Crippen LogP contribution in [-0.4, -0.2) is 25.8 Å². The molecule has 1 aromatic rings. The van der Waals surface area contributed by atoms with Gasteiger partial charge in [0.05, 0.1) is 4.90 Å². The summed E-state index contributed by atoms with van der Waals surface area (Å²) < 4.78 is 27.0. The van der Waals surface area contributed by atoms with Gasteiger partial charge in [0.25, 0.3) is 0 Å². The van der Waals surface area contributed by atoms with E-state index in [0.717, 1.165) is 17.3 Å². The molecule has 0 spiro atoms. The summed E-state index contributed by atoms with van der Waals surface area (Å²) in [6.45, 7) is 4.00. The molecular formula is C12H18BrNO2S. The molecule has 0 unspecified atom stereocenters. The zero-order valence-electron chi connectivity index (χ0n) is 10.4. The van der Waals surface area contributed by atoms with Crippen molar-refractivity contribution in [3.8, 4) is 0 Å². The van der Waals surface area contributed by atoms with Crippen LogP contribution < -0.4 is 0 Å². The molecule has 0 fully saturated rings. The molecule has 1 aromatic carbocycles. The Kier molecular flexibility index (Phi) is 5.16. The molecule has 0 saturated heterocycles. The summed E-state index contributed by atoms with van der Waals surface area (Å²) in [5.41, 5.74) is 0. The van der Waals surface area contributed by atoms with Gasteiger partial charge in [-0.25, -0.2) is 8.42 Å². The molecule has 0 heterocycles. The summed E-state index contributed by atoms with van der Waals surface area (Å²) in [5, 5.41) is 0. The third kappa shape index (κ3) is 3.30. The molecule has 0 N–H and O–H groups in total. The Labute approximate surface area is 112 Å². The van der Waals surface area contributed by atoms with Gasteiger partial charge in [-0.15, -0.1) is 0 Å². The Hall–Kier alpha value is -0.390. The molecule has 0 bridgehead atoms. The number of benzene rings is 1. The van der Waals surface area contributed by atoms with Crippen LogP contribution in [0.5, 0.6) is 0 Å². The van der Waals surface area contributed by atoms with Crippen LogP contribution in [0.1, 0.15) is 26.7 Å². The average molecular weight is 320 g/mol. The van der Waals surface area contributed by atoms with Crippen LogP contribution in [0.3, 0.4) is 0 Å². The maximum atomic E-state index is 12.3. The van der Waals surface area contributed by atoms with Crippen molar-refractivity contribution in [1.82, 2.24) is 4.31 Å². The Morgan fingerprint density at radius 3 is 2.06 bits per heavy atom. The zero-order chi connectivity index (χ0) is 13.1. The molecule has 0 amide bonds. The van der Waals surface area contributed by atoms with Crippen LogP contribution in [0.15, 0.2) is 33.6 Å². The maximum Gasteiger partial charge on any atom is 0.243 e. The molecule has 5 heteroatoms. The smallest absolute Gasteiger partial charge is 0.207 e. The molecule has 17 heavy (non-hydrogen) atoms. The van der Waals surface area contributed by atoms with E-state index in [0.29, 0.717) is 4.90 Å². The minimum atomic E-state index is -3.37. The van der Waals surface area contributed by atoms with E-state index in [1.807, 2.05) is 13.8 Å². The second-order valence-corrected chi connectivity index (χ2v) is 6.86. The topological polar surface area (TPSA) is 37.4 Å². The minimum Gasteiger partial charge on any atom is -0.207 e. The first-order chi connectivity index (χ1) is 7.93. The number of rotatable bonds is 5. The Morgan fingerprint density at radius 2 is 1.65 bits per heavy atom. The Balaban J connectivity index is 3.06. The first-order valence-electron chi connectivity index (χ1n) is 5.67. The van der Waals surface area contributed by atoms with Crippen molar-refractivity contribution in [2.24, 2.45) is 0 Å². The van der Waals surface area contributed by atoms with E-state index in [2.05, 4.69) is 15.9 Å². The zero-order valence-corrected chi connectivity index (χ0v) is 12.8. The molecular weight excluding hydrogens is 302 g/mol. The van der Waals surface area contributed by atoms with Crippen LogP contribution in [0.4, 0.5) is 0 Å². The van der Waals surface area contributed by atoms with Gasteiger partial charge in [0.1, 0.15) is 0 Å². The van der Waals surface area contributed by atoms with Gasteiger partial charge in [-0.3, -0.25) is 0 Å². The molecule has 1 rings (SSSR count). The largest absolute Gasteiger partial charge is 0.243 e. The molecule has 96 valence electrons. The molecule has 0 aromatic heterocycles. The van der Waals surface area contributed by atoms with Gasteiger partial charge in [0.2, 0.25) is 10.0 Å². The Morgan fingerprint density at radius 1 is 1.18 bits per heavy atom. The first-order valence-corrected chi connectivity index (χ1v) is 7.90. The lowest BCUT2D eigenvalue weighted by Gasteiger charge is -2.25. The van der Waals surface area contributed by atoms with E-state index in [9.17, 15) is 8.42 Å². The molecule has 0 aliphatic heterocycles. The van der Waals surface area contributed by atoms with Crippen molar-refractivity contribution in [2.45, 2.75) is 37.6 Å². The molecule has 0 saturated carbocycles. The third-order valence-corrected chi connectivity index (χ3v) is 5.40. The first kappa shape index (κ1) is 14.7. The summed E-state index contributed by atoms with van der Waals surface area (Å²) in [7, 11) is -1.72. The van der Waals surface area contributed by atoms with Crippen molar-refractivity contribution in [3.63, 3.8) is 0 Å². The van der Waals surface area contributed by atoms with Gasteiger partial charge in [-0.1, -0.05) is 29.8 Å². The number of halogens is 1. The summed E-state index contributed by atoms with van der Waals surface area (Å²) in [6.07, 6.45) is 1.64. The Bertz CT molecular complexity index is 452. The van der Waals surface area contributed by atoms with Crippen molar-refractivity contribution < 1.29 is 8.42 Å². The predicted octanol–water partition coefficient (Wildman–Crippen LogP) is 3.26. The molecule has 0 atom stereocenters. The van der Waals surface area contributed by atoms with Crippen molar-refractivity contribution in [3.05, 3.63) is 28.7 Å². The van der Waals surface area contributed by atoms with Gasteiger partial charge in [-0.2, -0.15) is 4.31 Å². The van der Waals surface area contributed by atoms with Crippen molar-refractivity contribution in [2.75, 3.05) is 7.05 Å². The lowest BCUT2D eigenvalue weighted by atomic mass is 10.2. The fraction of sp³-hybridized carbons (Fsp3) is 0.500. The number of nitrogens with zero attached hydrogens (tertiary/aromatic N) is 1. The monoisotopic (exact) mass is 319 g/mol. The van der Waals surface area contributed by atoms with Gasteiger partial charge >= 0.3 is 0 Å². The van der Waals surface area contributed by atoms with E-state index in [-0.39, 0.29) is 6.04 Å². The van der Waals surface area contributed by atoms with E-state index >= 15 is 0 Å². The van der Waals surface area contributed by atoms with Gasteiger partial charge in [0, 0.05) is 17.6 Å². The highest BCUT2D eigenvalue weighted by Gasteiger charge is 2.25. The highest BCUT2D eigenvalue weighted by Crippen LogP contribution is 2.21. The van der Waals surface area contributed by atoms with Crippen LogP contribution in [0.2, 0.25) is 0 Å². The average Bonchev–Trinajstić information content (AvgIpc) is 2.31. The lowest BCUT2D eigenvalue weighted by Crippen LogP contribution is -2.36. The fourth-order valence-electron chi connectivity index (χ4n) is 1.77. The van der Waals surface area contributed by atoms with Crippen molar-refractivity contribution >= 4 is 26.0 Å². The van der Waals surface area contributed by atoms with E-state index in [1.54, 1.807) is 31.3 Å². The fourth-order valence-corrected chi connectivity index (χ4v) is 3.54. The van der Waals surface area contributed by atoms with Crippen LogP contribution in [0, 0.1) is 0 Å². The molecule has 0 aliphatic carbocycles. The quantitative estimate of drug-likeness (QED) is 0.835. The van der Waals surface area contributed by atoms with Gasteiger partial charge < -0.3 is 0 Å². The second-order valence-electron chi connectivity index (χ2n) is 3.95. The SMILES string of the molecule is CCC(CC)N(C)S(=O)(=O)c1ccc(Br)cc1. The number of sulfonamides is 1. The number of hydrogen-bond acceptors (Lipinski definition) is 2. The normalized spacial score (nSPS) is 12.4. The third-order valence-electron chi connectivity index (χ3n) is 2.95. The van der Waals surface area contributed by atoms with E-state index < -0.39 is 10.0 Å². The van der Waals surface area contributed by atoms with E-state index in [4.69, 9.17) is 0 Å². The van der Waals surface area contributed by atoms with Crippen LogP contribution in [0.25, 0.3) is 0 Å². The van der Waals surface area contributed by atoms with Gasteiger partial charge in [0.15, 0.2) is 0 Å².